The van der Waals surface area contributed by atoms with Crippen LogP contribution >= 0.6 is 0 Å². The Morgan fingerprint density at radius 3 is 2.65 bits per heavy atom. The van der Waals surface area contributed by atoms with Crippen LogP contribution in [0.1, 0.15) is 62.5 Å². The van der Waals surface area contributed by atoms with Crippen molar-refractivity contribution in [2.75, 3.05) is 23.9 Å². The molecule has 1 spiro atoms. The summed E-state index contributed by atoms with van der Waals surface area (Å²) in [6.45, 7) is 2.91. The summed E-state index contributed by atoms with van der Waals surface area (Å²) in [5.41, 5.74) is 2.54. The number of ether oxygens (including phenoxy) is 1. The lowest BCUT2D eigenvalue weighted by atomic mass is 9.80. The van der Waals surface area contributed by atoms with Gasteiger partial charge in [0.15, 0.2) is 0 Å². The van der Waals surface area contributed by atoms with E-state index in [-0.39, 0.29) is 23.3 Å². The number of aromatic nitrogens is 3. The van der Waals surface area contributed by atoms with Crippen molar-refractivity contribution >= 4 is 23.2 Å². The first kappa shape index (κ1) is 20.2. The molecule has 3 heterocycles. The van der Waals surface area contributed by atoms with Gasteiger partial charge in [-0.1, -0.05) is 0 Å². The Balaban J connectivity index is 1.56. The molecule has 2 saturated carbocycles. The van der Waals surface area contributed by atoms with E-state index in [0.29, 0.717) is 23.9 Å². The summed E-state index contributed by atoms with van der Waals surface area (Å²) in [6, 6.07) is 3.63. The van der Waals surface area contributed by atoms with Crippen LogP contribution in [0.25, 0.3) is 0 Å². The molecule has 0 unspecified atom stereocenters. The van der Waals surface area contributed by atoms with E-state index >= 15 is 0 Å². The Hall–Kier alpha value is -2.68. The molecule has 164 valence electrons. The highest BCUT2D eigenvalue weighted by Crippen LogP contribution is 2.58. The fourth-order valence-corrected chi connectivity index (χ4v) is 4.58. The van der Waals surface area contributed by atoms with E-state index in [2.05, 4.69) is 20.3 Å². The minimum absolute atomic E-state index is 0.0191. The van der Waals surface area contributed by atoms with Gasteiger partial charge in [-0.3, -0.25) is 4.79 Å². The van der Waals surface area contributed by atoms with Gasteiger partial charge in [-0.25, -0.2) is 15.0 Å². The summed E-state index contributed by atoms with van der Waals surface area (Å²) in [6.07, 6.45) is 5.50. The topological polar surface area (TPSA) is 80.2 Å². The maximum absolute atomic E-state index is 14.3. The van der Waals surface area contributed by atoms with Crippen molar-refractivity contribution < 1.29 is 18.3 Å². The molecule has 2 aromatic heterocycles. The van der Waals surface area contributed by atoms with Crippen molar-refractivity contribution in [2.24, 2.45) is 0 Å². The molecule has 0 bridgehead atoms. The van der Waals surface area contributed by atoms with Gasteiger partial charge in [0, 0.05) is 68.4 Å². The number of carbonyl (C=O) groups excluding carboxylic acids is 1. The average Bonchev–Trinajstić information content (AvgIpc) is 3.37. The summed E-state index contributed by atoms with van der Waals surface area (Å²) in [5, 5.41) is 2.71. The molecular formula is C22H25F2N5O2. The summed E-state index contributed by atoms with van der Waals surface area (Å²) < 4.78 is 33.9. The molecule has 2 aromatic rings. The van der Waals surface area contributed by atoms with Crippen molar-refractivity contribution in [1.82, 2.24) is 15.0 Å². The number of fused-ring (bicyclic) bond motifs is 2. The van der Waals surface area contributed by atoms with Crippen molar-refractivity contribution in [1.29, 1.82) is 0 Å². The molecule has 1 N–H and O–H groups in total. The van der Waals surface area contributed by atoms with E-state index in [1.54, 1.807) is 19.4 Å². The lowest BCUT2D eigenvalue weighted by Crippen LogP contribution is -2.30. The second kappa shape index (κ2) is 6.91. The van der Waals surface area contributed by atoms with Gasteiger partial charge in [0.1, 0.15) is 11.6 Å². The maximum Gasteiger partial charge on any atom is 0.303 e. The first-order chi connectivity index (χ1) is 14.7. The van der Waals surface area contributed by atoms with Gasteiger partial charge in [0.2, 0.25) is 11.7 Å². The average molecular weight is 429 g/mol. The molecule has 0 atom stereocenters. The van der Waals surface area contributed by atoms with Crippen LogP contribution in [-0.2, 0) is 20.9 Å². The summed E-state index contributed by atoms with van der Waals surface area (Å²) in [7, 11) is 1.66. The Kier molecular flexibility index (Phi) is 4.51. The standard InChI is InChI=1S/C22H25F2N5O2/c1-12(30)26-18-9-17-15(10-25-18)22(4-5-22)11-29(17)19-8-16(13-6-14(7-13)31-3)27-20(28-19)21(2,23)24/h8-10,13-14H,4-7,11H2,1-3H3,(H,25,26,30). The van der Waals surface area contributed by atoms with Crippen molar-refractivity contribution in [2.45, 2.75) is 62.9 Å². The first-order valence-corrected chi connectivity index (χ1v) is 10.5. The van der Waals surface area contributed by atoms with Crippen LogP contribution in [0, 0.1) is 0 Å². The normalized spacial score (nSPS) is 23.5. The van der Waals surface area contributed by atoms with Crippen LogP contribution in [0.2, 0.25) is 0 Å². The molecule has 5 rings (SSSR count). The molecular weight excluding hydrogens is 404 g/mol. The van der Waals surface area contributed by atoms with Gasteiger partial charge in [-0.15, -0.1) is 0 Å². The number of nitrogens with zero attached hydrogens (tertiary/aromatic N) is 4. The Morgan fingerprint density at radius 2 is 2.03 bits per heavy atom. The zero-order valence-electron chi connectivity index (χ0n) is 17.8. The lowest BCUT2D eigenvalue weighted by molar-refractivity contribution is -0.114. The Morgan fingerprint density at radius 1 is 1.29 bits per heavy atom. The molecule has 0 saturated heterocycles. The van der Waals surface area contributed by atoms with Crippen LogP contribution in [0.4, 0.5) is 26.1 Å². The van der Waals surface area contributed by atoms with Gasteiger partial charge < -0.3 is 15.0 Å². The van der Waals surface area contributed by atoms with Gasteiger partial charge in [0.25, 0.3) is 0 Å². The third-order valence-electron chi connectivity index (χ3n) is 6.61. The van der Waals surface area contributed by atoms with E-state index < -0.39 is 11.7 Å². The quantitative estimate of drug-likeness (QED) is 0.773. The predicted molar refractivity (Wildman–Crippen MR) is 111 cm³/mol. The Bertz CT molecular complexity index is 1040. The highest BCUT2D eigenvalue weighted by molar-refractivity contribution is 5.89. The highest BCUT2D eigenvalue weighted by atomic mass is 19.3. The fourth-order valence-electron chi connectivity index (χ4n) is 4.58. The van der Waals surface area contributed by atoms with Crippen LogP contribution in [0.15, 0.2) is 18.3 Å². The van der Waals surface area contributed by atoms with Gasteiger partial charge in [-0.05, 0) is 25.7 Å². The van der Waals surface area contributed by atoms with E-state index in [1.807, 2.05) is 11.0 Å². The number of halogens is 2. The van der Waals surface area contributed by atoms with E-state index in [9.17, 15) is 13.6 Å². The molecule has 2 aliphatic carbocycles. The second-order valence-electron chi connectivity index (χ2n) is 9.02. The number of carbonyl (C=O) groups is 1. The molecule has 0 radical (unpaired) electrons. The molecule has 1 amide bonds. The monoisotopic (exact) mass is 429 g/mol. The number of alkyl halides is 2. The maximum atomic E-state index is 14.3. The van der Waals surface area contributed by atoms with Gasteiger partial charge >= 0.3 is 5.92 Å². The van der Waals surface area contributed by atoms with Crippen molar-refractivity contribution in [3.8, 4) is 0 Å². The van der Waals surface area contributed by atoms with Gasteiger partial charge in [-0.2, -0.15) is 8.78 Å². The van der Waals surface area contributed by atoms with Crippen molar-refractivity contribution in [3.05, 3.63) is 35.4 Å². The zero-order chi connectivity index (χ0) is 22.0. The van der Waals surface area contributed by atoms with Crippen LogP contribution < -0.4 is 10.2 Å². The third-order valence-corrected chi connectivity index (χ3v) is 6.61. The van der Waals surface area contributed by atoms with Crippen LogP contribution in [0.5, 0.6) is 0 Å². The van der Waals surface area contributed by atoms with E-state index in [4.69, 9.17) is 4.74 Å². The summed E-state index contributed by atoms with van der Waals surface area (Å²) in [5.74, 6) is -2.84. The molecule has 2 fully saturated rings. The number of pyridine rings is 1. The fraction of sp³-hybridized carbons (Fsp3) is 0.545. The minimum Gasteiger partial charge on any atom is -0.381 e. The number of nitrogens with one attached hydrogen (secondary N) is 1. The number of amides is 1. The summed E-state index contributed by atoms with van der Waals surface area (Å²) in [4.78, 5) is 26.3. The first-order valence-electron chi connectivity index (χ1n) is 10.5. The lowest BCUT2D eigenvalue weighted by Gasteiger charge is -2.34. The third kappa shape index (κ3) is 3.54. The largest absolute Gasteiger partial charge is 0.381 e. The highest BCUT2D eigenvalue weighted by Gasteiger charge is 2.53. The van der Waals surface area contributed by atoms with Crippen LogP contribution in [-0.4, -0.2) is 40.6 Å². The number of rotatable bonds is 5. The zero-order valence-corrected chi connectivity index (χ0v) is 17.8. The molecule has 7 nitrogen and oxygen atoms in total. The smallest absolute Gasteiger partial charge is 0.303 e. The van der Waals surface area contributed by atoms with Gasteiger partial charge in [0.05, 0.1) is 11.8 Å². The van der Waals surface area contributed by atoms with Crippen LogP contribution in [0.3, 0.4) is 0 Å². The minimum atomic E-state index is -3.14. The molecule has 1 aliphatic heterocycles. The summed E-state index contributed by atoms with van der Waals surface area (Å²) >= 11 is 0. The SMILES string of the molecule is COC1CC(c2cc(N3CC4(CC4)c4cnc(NC(C)=O)cc43)nc(C(C)(F)F)n2)C1. The van der Waals surface area contributed by atoms with E-state index in [1.165, 1.54) is 6.92 Å². The Labute approximate surface area is 179 Å². The second-order valence-corrected chi connectivity index (χ2v) is 9.02. The molecule has 9 heteroatoms. The number of methoxy groups -OCH3 is 1. The number of hydrogen-bond donors (Lipinski definition) is 1. The number of hydrogen-bond acceptors (Lipinski definition) is 6. The van der Waals surface area contributed by atoms with Crippen molar-refractivity contribution in [3.63, 3.8) is 0 Å². The predicted octanol–water partition coefficient (Wildman–Crippen LogP) is 4.02. The molecule has 31 heavy (non-hydrogen) atoms. The molecule has 0 aromatic carbocycles. The molecule has 3 aliphatic rings. The number of anilines is 3. The van der Waals surface area contributed by atoms with E-state index in [0.717, 1.165) is 43.9 Å².